The van der Waals surface area contributed by atoms with Crippen molar-refractivity contribution in [3.63, 3.8) is 0 Å². The first-order valence-corrected chi connectivity index (χ1v) is 6.32. The van der Waals surface area contributed by atoms with E-state index in [0.717, 1.165) is 25.2 Å². The Hall–Kier alpha value is -1.20. The van der Waals surface area contributed by atoms with Gasteiger partial charge >= 0.3 is 0 Å². The summed E-state index contributed by atoms with van der Waals surface area (Å²) in [4.78, 5) is 12.8. The van der Waals surface area contributed by atoms with Crippen LogP contribution in [0.3, 0.4) is 0 Å². The fourth-order valence-corrected chi connectivity index (χ4v) is 1.70. The lowest BCUT2D eigenvalue weighted by molar-refractivity contribution is 0.216. The highest BCUT2D eigenvalue weighted by Crippen LogP contribution is 2.24. The van der Waals surface area contributed by atoms with Crippen molar-refractivity contribution in [2.45, 2.75) is 19.9 Å². The van der Waals surface area contributed by atoms with E-state index in [2.05, 4.69) is 47.7 Å². The van der Waals surface area contributed by atoms with Crippen LogP contribution in [-0.2, 0) is 0 Å². The second-order valence-corrected chi connectivity index (χ2v) is 4.54. The molecule has 0 fully saturated rings. The van der Waals surface area contributed by atoms with Crippen LogP contribution >= 0.6 is 0 Å². The Labute approximate surface area is 110 Å². The smallest absolute Gasteiger partial charge is 0.220 e. The van der Waals surface area contributed by atoms with Crippen LogP contribution in [0.15, 0.2) is 12.5 Å². The molecule has 1 heterocycles. The van der Waals surface area contributed by atoms with Gasteiger partial charge in [-0.15, -0.1) is 0 Å². The summed E-state index contributed by atoms with van der Waals surface area (Å²) in [6.07, 6.45) is 3.34. The van der Waals surface area contributed by atoms with Gasteiger partial charge in [0.1, 0.15) is 6.33 Å². The molecule has 0 aliphatic heterocycles. The minimum Gasteiger partial charge on any atom is -0.481 e. The first-order valence-electron chi connectivity index (χ1n) is 6.32. The van der Waals surface area contributed by atoms with Crippen molar-refractivity contribution in [2.75, 3.05) is 40.8 Å². The number of aromatic nitrogens is 2. The molecule has 0 aliphatic carbocycles. The van der Waals surface area contributed by atoms with Crippen LogP contribution in [0, 0.1) is 0 Å². The van der Waals surface area contributed by atoms with E-state index in [0.29, 0.717) is 5.88 Å². The standard InChI is InChI=1S/C13H24N4O/c1-6-16(3)7-8-17(4)11(2)12-9-14-10-15-13(12)18-5/h9-11H,6-8H2,1-5H3. The molecule has 0 bridgehead atoms. The molecule has 0 saturated carbocycles. The average molecular weight is 252 g/mol. The molecule has 0 N–H and O–H groups in total. The fraction of sp³-hybridized carbons (Fsp3) is 0.692. The van der Waals surface area contributed by atoms with Crippen LogP contribution < -0.4 is 4.74 Å². The van der Waals surface area contributed by atoms with Gasteiger partial charge in [0.25, 0.3) is 0 Å². The van der Waals surface area contributed by atoms with Crippen molar-refractivity contribution in [3.8, 4) is 5.88 Å². The highest BCUT2D eigenvalue weighted by Gasteiger charge is 2.17. The van der Waals surface area contributed by atoms with Crippen LogP contribution in [0.4, 0.5) is 0 Å². The third-order valence-electron chi connectivity index (χ3n) is 3.38. The monoisotopic (exact) mass is 252 g/mol. The van der Waals surface area contributed by atoms with Crippen molar-refractivity contribution in [3.05, 3.63) is 18.1 Å². The van der Waals surface area contributed by atoms with Crippen molar-refractivity contribution < 1.29 is 4.74 Å². The van der Waals surface area contributed by atoms with E-state index >= 15 is 0 Å². The molecule has 0 aromatic carbocycles. The predicted molar refractivity (Wildman–Crippen MR) is 72.8 cm³/mol. The van der Waals surface area contributed by atoms with Gasteiger partial charge in [0.2, 0.25) is 5.88 Å². The zero-order valence-corrected chi connectivity index (χ0v) is 12.1. The molecule has 5 nitrogen and oxygen atoms in total. The summed E-state index contributed by atoms with van der Waals surface area (Å²) in [5.41, 5.74) is 1.03. The van der Waals surface area contributed by atoms with Gasteiger partial charge in [0, 0.05) is 30.9 Å². The second kappa shape index (κ2) is 7.28. The minimum atomic E-state index is 0.242. The summed E-state index contributed by atoms with van der Waals surface area (Å²) in [6, 6.07) is 0.242. The van der Waals surface area contributed by atoms with Crippen LogP contribution in [0.5, 0.6) is 5.88 Å². The van der Waals surface area contributed by atoms with E-state index < -0.39 is 0 Å². The molecule has 102 valence electrons. The molecular weight excluding hydrogens is 228 g/mol. The molecule has 1 aromatic heterocycles. The Morgan fingerprint density at radius 1 is 1.33 bits per heavy atom. The van der Waals surface area contributed by atoms with Gasteiger partial charge in [-0.05, 0) is 27.6 Å². The summed E-state index contributed by atoms with van der Waals surface area (Å²) >= 11 is 0. The normalized spacial score (nSPS) is 13.1. The average Bonchev–Trinajstić information content (AvgIpc) is 2.43. The van der Waals surface area contributed by atoms with Crippen LogP contribution in [0.25, 0.3) is 0 Å². The van der Waals surface area contributed by atoms with Crippen LogP contribution in [0.2, 0.25) is 0 Å². The highest BCUT2D eigenvalue weighted by molar-refractivity contribution is 5.25. The topological polar surface area (TPSA) is 41.5 Å². The predicted octanol–water partition coefficient (Wildman–Crippen LogP) is 1.43. The van der Waals surface area contributed by atoms with Crippen molar-refractivity contribution in [1.82, 2.24) is 19.8 Å². The Kier molecular flexibility index (Phi) is 6.01. The van der Waals surface area contributed by atoms with E-state index in [1.165, 1.54) is 6.33 Å². The molecule has 1 aromatic rings. The maximum Gasteiger partial charge on any atom is 0.220 e. The number of ether oxygens (including phenoxy) is 1. The number of rotatable bonds is 7. The maximum atomic E-state index is 5.28. The molecule has 1 atom stereocenters. The number of methoxy groups -OCH3 is 1. The lowest BCUT2D eigenvalue weighted by atomic mass is 10.1. The molecular formula is C13H24N4O. The van der Waals surface area contributed by atoms with Gasteiger partial charge in [0.15, 0.2) is 0 Å². The van der Waals surface area contributed by atoms with E-state index in [1.807, 2.05) is 6.20 Å². The summed E-state index contributed by atoms with van der Waals surface area (Å²) in [7, 11) is 5.88. The van der Waals surface area contributed by atoms with Crippen molar-refractivity contribution in [2.24, 2.45) is 0 Å². The quantitative estimate of drug-likeness (QED) is 0.734. The third-order valence-corrected chi connectivity index (χ3v) is 3.38. The number of likely N-dealkylation sites (N-methyl/N-ethyl adjacent to an activating group) is 2. The Balaban J connectivity index is 2.65. The fourth-order valence-electron chi connectivity index (χ4n) is 1.70. The maximum absolute atomic E-state index is 5.28. The molecule has 0 radical (unpaired) electrons. The summed E-state index contributed by atoms with van der Waals surface area (Å²) in [5.74, 6) is 0.660. The van der Waals surface area contributed by atoms with Crippen molar-refractivity contribution >= 4 is 0 Å². The summed E-state index contributed by atoms with van der Waals surface area (Å²) < 4.78 is 5.28. The first kappa shape index (κ1) is 14.9. The SMILES string of the molecule is CCN(C)CCN(C)C(C)c1cncnc1OC. The zero-order chi connectivity index (χ0) is 13.5. The van der Waals surface area contributed by atoms with Gasteiger partial charge in [-0.2, -0.15) is 0 Å². The molecule has 0 saturated heterocycles. The van der Waals surface area contributed by atoms with Gasteiger partial charge in [0.05, 0.1) is 7.11 Å². The van der Waals surface area contributed by atoms with Gasteiger partial charge in [-0.1, -0.05) is 6.92 Å². The Morgan fingerprint density at radius 2 is 2.06 bits per heavy atom. The molecule has 1 unspecified atom stereocenters. The van der Waals surface area contributed by atoms with E-state index in [-0.39, 0.29) is 6.04 Å². The number of hydrogen-bond acceptors (Lipinski definition) is 5. The summed E-state index contributed by atoms with van der Waals surface area (Å²) in [5, 5.41) is 0. The van der Waals surface area contributed by atoms with Gasteiger partial charge < -0.3 is 9.64 Å². The van der Waals surface area contributed by atoms with Gasteiger partial charge in [-0.3, -0.25) is 4.90 Å². The second-order valence-electron chi connectivity index (χ2n) is 4.54. The molecule has 0 aliphatic rings. The first-order chi connectivity index (χ1) is 8.60. The minimum absolute atomic E-state index is 0.242. The van der Waals surface area contributed by atoms with Crippen LogP contribution in [-0.4, -0.2) is 60.6 Å². The Bertz CT molecular complexity index is 359. The zero-order valence-electron chi connectivity index (χ0n) is 12.1. The molecule has 0 amide bonds. The molecule has 0 spiro atoms. The van der Waals surface area contributed by atoms with Crippen molar-refractivity contribution in [1.29, 1.82) is 0 Å². The highest BCUT2D eigenvalue weighted by atomic mass is 16.5. The molecule has 5 heteroatoms. The summed E-state index contributed by atoms with van der Waals surface area (Å²) in [6.45, 7) is 7.43. The van der Waals surface area contributed by atoms with E-state index in [9.17, 15) is 0 Å². The van der Waals surface area contributed by atoms with Crippen LogP contribution in [0.1, 0.15) is 25.5 Å². The van der Waals surface area contributed by atoms with E-state index in [1.54, 1.807) is 7.11 Å². The number of nitrogens with zero attached hydrogens (tertiary/aromatic N) is 4. The molecule has 1 rings (SSSR count). The van der Waals surface area contributed by atoms with E-state index in [4.69, 9.17) is 4.74 Å². The largest absolute Gasteiger partial charge is 0.481 e. The third kappa shape index (κ3) is 3.92. The number of hydrogen-bond donors (Lipinski definition) is 0. The Morgan fingerprint density at radius 3 is 2.67 bits per heavy atom. The molecule has 18 heavy (non-hydrogen) atoms. The lowest BCUT2D eigenvalue weighted by Gasteiger charge is -2.27. The lowest BCUT2D eigenvalue weighted by Crippen LogP contribution is -2.32. The van der Waals surface area contributed by atoms with Gasteiger partial charge in [-0.25, -0.2) is 9.97 Å².